The summed E-state index contributed by atoms with van der Waals surface area (Å²) in [5.74, 6) is -0.979. The van der Waals surface area contributed by atoms with Gasteiger partial charge in [-0.15, -0.1) is 0 Å². The summed E-state index contributed by atoms with van der Waals surface area (Å²) >= 11 is 0. The molecule has 0 aliphatic carbocycles. The monoisotopic (exact) mass is 375 g/mol. The van der Waals surface area contributed by atoms with Crippen LogP contribution >= 0.6 is 0 Å². The van der Waals surface area contributed by atoms with Crippen LogP contribution in [0.25, 0.3) is 0 Å². The van der Waals surface area contributed by atoms with E-state index >= 15 is 0 Å². The smallest absolute Gasteiger partial charge is 0.354 e. The second-order valence-corrected chi connectivity index (χ2v) is 5.63. The van der Waals surface area contributed by atoms with Gasteiger partial charge >= 0.3 is 6.18 Å². The molecule has 0 aliphatic rings. The van der Waals surface area contributed by atoms with Crippen LogP contribution in [-0.2, 0) is 6.18 Å². The summed E-state index contributed by atoms with van der Waals surface area (Å²) < 4.78 is 51.0. The number of hydrogen-bond donors (Lipinski definition) is 2. The number of carbonyl (C=O) groups excluding carboxylic acids is 1. The molecule has 2 N–H and O–H groups in total. The number of carbonyl (C=O) groups is 1. The van der Waals surface area contributed by atoms with Crippen molar-refractivity contribution in [2.75, 3.05) is 10.6 Å². The average molecular weight is 375 g/mol. The summed E-state index contributed by atoms with van der Waals surface area (Å²) in [6.45, 7) is 0. The fourth-order valence-corrected chi connectivity index (χ4v) is 2.31. The number of halogens is 4. The number of anilines is 3. The minimum atomic E-state index is -4.41. The van der Waals surface area contributed by atoms with E-state index in [0.717, 1.165) is 12.1 Å². The third-order valence-corrected chi connectivity index (χ3v) is 3.58. The molecule has 1 amide bonds. The number of pyridine rings is 1. The van der Waals surface area contributed by atoms with Crippen LogP contribution in [0, 0.1) is 5.82 Å². The molecule has 0 saturated carbocycles. The van der Waals surface area contributed by atoms with Crippen LogP contribution in [0.1, 0.15) is 15.9 Å². The fourth-order valence-electron chi connectivity index (χ4n) is 2.31. The third-order valence-electron chi connectivity index (χ3n) is 3.58. The van der Waals surface area contributed by atoms with E-state index in [2.05, 4.69) is 15.6 Å². The van der Waals surface area contributed by atoms with Crippen molar-refractivity contribution >= 4 is 23.0 Å². The maximum atomic E-state index is 13.2. The van der Waals surface area contributed by atoms with Crippen molar-refractivity contribution in [2.24, 2.45) is 0 Å². The van der Waals surface area contributed by atoms with Gasteiger partial charge in [0.25, 0.3) is 5.91 Å². The SMILES string of the molecule is O=C(Nc1cccc(F)c1)c1cncc(Nc2ccc(C(F)(F)F)cc2)c1. The second kappa shape index (κ2) is 7.45. The van der Waals surface area contributed by atoms with Crippen LogP contribution in [0.15, 0.2) is 67.0 Å². The summed E-state index contributed by atoms with van der Waals surface area (Å²) in [4.78, 5) is 16.2. The van der Waals surface area contributed by atoms with Crippen LogP contribution in [0.3, 0.4) is 0 Å². The van der Waals surface area contributed by atoms with Crippen molar-refractivity contribution < 1.29 is 22.4 Å². The van der Waals surface area contributed by atoms with Crippen molar-refractivity contribution in [3.63, 3.8) is 0 Å². The minimum absolute atomic E-state index is 0.205. The first kappa shape index (κ1) is 18.4. The van der Waals surface area contributed by atoms with Gasteiger partial charge in [0.15, 0.2) is 0 Å². The van der Waals surface area contributed by atoms with E-state index in [1.165, 1.54) is 48.8 Å². The standard InChI is InChI=1S/C19H13F4N3O/c20-14-2-1-3-16(9-14)26-18(27)12-8-17(11-24-10-12)25-15-6-4-13(5-7-15)19(21,22)23/h1-11,25H,(H,26,27). The Balaban J connectivity index is 1.72. The number of nitrogens with zero attached hydrogens (tertiary/aromatic N) is 1. The molecule has 2 aromatic carbocycles. The molecule has 8 heteroatoms. The van der Waals surface area contributed by atoms with E-state index in [1.807, 2.05) is 0 Å². The van der Waals surface area contributed by atoms with E-state index in [4.69, 9.17) is 0 Å². The largest absolute Gasteiger partial charge is 0.416 e. The molecule has 0 radical (unpaired) electrons. The fraction of sp³-hybridized carbons (Fsp3) is 0.0526. The van der Waals surface area contributed by atoms with Gasteiger partial charge in [0, 0.05) is 17.6 Å². The highest BCUT2D eigenvalue weighted by Crippen LogP contribution is 2.30. The second-order valence-electron chi connectivity index (χ2n) is 5.63. The van der Waals surface area contributed by atoms with Crippen molar-refractivity contribution in [3.05, 3.63) is 83.9 Å². The van der Waals surface area contributed by atoms with Gasteiger partial charge in [-0.1, -0.05) is 6.07 Å². The van der Waals surface area contributed by atoms with Crippen molar-refractivity contribution in [1.29, 1.82) is 0 Å². The molecule has 0 unspecified atom stereocenters. The van der Waals surface area contributed by atoms with Gasteiger partial charge in [0.05, 0.1) is 23.0 Å². The Morgan fingerprint density at radius 1 is 0.889 bits per heavy atom. The summed E-state index contributed by atoms with van der Waals surface area (Å²) in [5, 5.41) is 5.42. The van der Waals surface area contributed by atoms with E-state index in [0.29, 0.717) is 17.1 Å². The molecule has 0 aliphatic heterocycles. The Morgan fingerprint density at radius 3 is 2.30 bits per heavy atom. The highest BCUT2D eigenvalue weighted by atomic mass is 19.4. The van der Waals surface area contributed by atoms with E-state index in [-0.39, 0.29) is 5.56 Å². The minimum Gasteiger partial charge on any atom is -0.354 e. The molecule has 1 aromatic heterocycles. The predicted octanol–water partition coefficient (Wildman–Crippen LogP) is 5.24. The highest BCUT2D eigenvalue weighted by molar-refractivity contribution is 6.04. The van der Waals surface area contributed by atoms with Gasteiger partial charge in [-0.25, -0.2) is 4.39 Å². The number of aromatic nitrogens is 1. The molecule has 0 saturated heterocycles. The molecule has 27 heavy (non-hydrogen) atoms. The van der Waals surface area contributed by atoms with E-state index < -0.39 is 23.5 Å². The zero-order valence-electron chi connectivity index (χ0n) is 13.7. The van der Waals surface area contributed by atoms with Crippen molar-refractivity contribution in [3.8, 4) is 0 Å². The number of alkyl halides is 3. The third kappa shape index (κ3) is 4.81. The van der Waals surface area contributed by atoms with E-state index in [9.17, 15) is 22.4 Å². The first-order valence-corrected chi connectivity index (χ1v) is 7.77. The zero-order valence-corrected chi connectivity index (χ0v) is 13.7. The lowest BCUT2D eigenvalue weighted by molar-refractivity contribution is -0.137. The molecule has 0 bridgehead atoms. The number of amides is 1. The Hall–Kier alpha value is -3.42. The van der Waals surface area contributed by atoms with Gasteiger partial charge in [-0.05, 0) is 48.5 Å². The molecule has 0 fully saturated rings. The Labute approximate surface area is 151 Å². The molecule has 4 nitrogen and oxygen atoms in total. The first-order chi connectivity index (χ1) is 12.8. The topological polar surface area (TPSA) is 54.0 Å². The summed E-state index contributed by atoms with van der Waals surface area (Å²) in [6.07, 6.45) is -1.65. The quantitative estimate of drug-likeness (QED) is 0.614. The lowest BCUT2D eigenvalue weighted by Gasteiger charge is -2.10. The van der Waals surface area contributed by atoms with Crippen LogP contribution in [-0.4, -0.2) is 10.9 Å². The Morgan fingerprint density at radius 2 is 1.63 bits per heavy atom. The van der Waals surface area contributed by atoms with E-state index in [1.54, 1.807) is 6.07 Å². The maximum absolute atomic E-state index is 13.2. The average Bonchev–Trinajstić information content (AvgIpc) is 2.62. The number of hydrogen-bond acceptors (Lipinski definition) is 3. The van der Waals surface area contributed by atoms with Crippen LogP contribution in [0.4, 0.5) is 34.6 Å². The number of nitrogens with one attached hydrogen (secondary N) is 2. The van der Waals surface area contributed by atoms with Gasteiger partial charge in [-0.3, -0.25) is 9.78 Å². The molecule has 138 valence electrons. The molecular formula is C19H13F4N3O. The van der Waals surface area contributed by atoms with Gasteiger partial charge < -0.3 is 10.6 Å². The highest BCUT2D eigenvalue weighted by Gasteiger charge is 2.29. The molecule has 3 aromatic rings. The molecule has 0 spiro atoms. The molecule has 0 atom stereocenters. The number of benzene rings is 2. The first-order valence-electron chi connectivity index (χ1n) is 7.77. The summed E-state index contributed by atoms with van der Waals surface area (Å²) in [6, 6.07) is 11.4. The predicted molar refractivity (Wildman–Crippen MR) is 93.3 cm³/mol. The van der Waals surface area contributed by atoms with Crippen LogP contribution in [0.2, 0.25) is 0 Å². The number of rotatable bonds is 4. The summed E-state index contributed by atoms with van der Waals surface area (Å²) in [5.41, 5.74) is 0.570. The lowest BCUT2D eigenvalue weighted by Crippen LogP contribution is -2.12. The molecule has 3 rings (SSSR count). The van der Waals surface area contributed by atoms with Crippen LogP contribution < -0.4 is 10.6 Å². The van der Waals surface area contributed by atoms with Crippen LogP contribution in [0.5, 0.6) is 0 Å². The maximum Gasteiger partial charge on any atom is 0.416 e. The van der Waals surface area contributed by atoms with Gasteiger partial charge in [-0.2, -0.15) is 13.2 Å². The zero-order chi connectivity index (χ0) is 19.4. The summed E-state index contributed by atoms with van der Waals surface area (Å²) in [7, 11) is 0. The molecule has 1 heterocycles. The van der Waals surface area contributed by atoms with Crippen molar-refractivity contribution in [1.82, 2.24) is 4.98 Å². The normalized spacial score (nSPS) is 11.1. The Kier molecular flexibility index (Phi) is 5.07. The lowest BCUT2D eigenvalue weighted by atomic mass is 10.2. The van der Waals surface area contributed by atoms with Gasteiger partial charge in [0.1, 0.15) is 5.82 Å². The molecular weight excluding hydrogens is 362 g/mol. The van der Waals surface area contributed by atoms with Crippen molar-refractivity contribution in [2.45, 2.75) is 6.18 Å². The van der Waals surface area contributed by atoms with Gasteiger partial charge in [0.2, 0.25) is 0 Å². The Bertz CT molecular complexity index is 956.